The number of aliphatic hydroxyl groups is 2. The average Bonchev–Trinajstić information content (AvgIpc) is 3.17. The van der Waals surface area contributed by atoms with E-state index < -0.39 is 11.6 Å². The number of amides is 2. The molecule has 2 aliphatic heterocycles. The van der Waals surface area contributed by atoms with Crippen molar-refractivity contribution in [3.05, 3.63) is 71.8 Å². The van der Waals surface area contributed by atoms with Gasteiger partial charge in [-0.1, -0.05) is 60.7 Å². The van der Waals surface area contributed by atoms with E-state index in [1.165, 1.54) is 19.3 Å². The number of urea groups is 1. The van der Waals surface area contributed by atoms with E-state index in [0.717, 1.165) is 56.2 Å². The molecule has 3 fully saturated rings. The number of carbonyl (C=O) groups excluding carboxylic acids is 1. The molecule has 6 nitrogen and oxygen atoms in total. The summed E-state index contributed by atoms with van der Waals surface area (Å²) < 4.78 is 0. The van der Waals surface area contributed by atoms with Crippen LogP contribution in [0.5, 0.6) is 0 Å². The van der Waals surface area contributed by atoms with Gasteiger partial charge in [0.15, 0.2) is 0 Å². The van der Waals surface area contributed by atoms with Crippen LogP contribution in [-0.4, -0.2) is 58.0 Å². The lowest BCUT2D eigenvalue weighted by Crippen LogP contribution is -2.54. The molecule has 3 aliphatic rings. The highest BCUT2D eigenvalue weighted by atomic mass is 16.3. The Bertz CT molecular complexity index is 955. The van der Waals surface area contributed by atoms with E-state index in [1.807, 2.05) is 67.6 Å². The molecular weight excluding hydrogens is 462 g/mol. The van der Waals surface area contributed by atoms with Gasteiger partial charge in [-0.3, -0.25) is 4.90 Å². The molecule has 2 saturated heterocycles. The van der Waals surface area contributed by atoms with Crippen LogP contribution in [0.2, 0.25) is 0 Å². The molecule has 1 saturated carbocycles. The van der Waals surface area contributed by atoms with Gasteiger partial charge in [0.1, 0.15) is 5.60 Å². The molecule has 2 bridgehead atoms. The predicted molar refractivity (Wildman–Crippen MR) is 146 cm³/mol. The highest BCUT2D eigenvalue weighted by Crippen LogP contribution is 2.37. The molecule has 5 rings (SSSR count). The first-order chi connectivity index (χ1) is 17.9. The number of nitrogens with one attached hydrogen (secondary N) is 2. The molecule has 0 aromatic heterocycles. The summed E-state index contributed by atoms with van der Waals surface area (Å²) in [6, 6.07) is 19.7. The van der Waals surface area contributed by atoms with Gasteiger partial charge in [0.2, 0.25) is 0 Å². The average molecular weight is 506 g/mol. The lowest BCUT2D eigenvalue weighted by Gasteiger charge is -2.38. The summed E-state index contributed by atoms with van der Waals surface area (Å²) in [6.45, 7) is 3.02. The fourth-order valence-electron chi connectivity index (χ4n) is 7.12. The summed E-state index contributed by atoms with van der Waals surface area (Å²) in [5.41, 5.74) is 0.179. The maximum Gasteiger partial charge on any atom is 0.315 e. The van der Waals surface area contributed by atoms with Crippen LogP contribution in [0, 0.1) is 5.92 Å². The molecule has 3 atom stereocenters. The second-order valence-electron chi connectivity index (χ2n) is 11.6. The van der Waals surface area contributed by atoms with E-state index in [4.69, 9.17) is 0 Å². The van der Waals surface area contributed by atoms with Crippen molar-refractivity contribution < 1.29 is 15.0 Å². The van der Waals surface area contributed by atoms with Crippen molar-refractivity contribution in [3.8, 4) is 0 Å². The topological polar surface area (TPSA) is 84.8 Å². The Morgan fingerprint density at radius 3 is 2.00 bits per heavy atom. The Hall–Kier alpha value is -2.41. The molecule has 2 heterocycles. The summed E-state index contributed by atoms with van der Waals surface area (Å²) >= 11 is 0. The highest BCUT2D eigenvalue weighted by Gasteiger charge is 2.41. The lowest BCUT2D eigenvalue weighted by atomic mass is 9.81. The van der Waals surface area contributed by atoms with Crippen molar-refractivity contribution >= 4 is 6.03 Å². The van der Waals surface area contributed by atoms with Gasteiger partial charge in [-0.05, 0) is 88.3 Å². The number of hydrogen-bond donors (Lipinski definition) is 4. The molecule has 0 radical (unpaired) electrons. The van der Waals surface area contributed by atoms with Gasteiger partial charge in [-0.15, -0.1) is 0 Å². The van der Waals surface area contributed by atoms with Crippen molar-refractivity contribution in [2.24, 2.45) is 5.92 Å². The maximum atomic E-state index is 13.0. The minimum Gasteiger partial charge on any atom is -0.393 e. The zero-order chi connectivity index (χ0) is 25.8. The van der Waals surface area contributed by atoms with Crippen molar-refractivity contribution in [1.82, 2.24) is 15.5 Å². The number of benzene rings is 2. The molecule has 2 aromatic carbocycles. The highest BCUT2D eigenvalue weighted by molar-refractivity contribution is 5.75. The summed E-state index contributed by atoms with van der Waals surface area (Å²) in [4.78, 5) is 15.7. The van der Waals surface area contributed by atoms with Crippen LogP contribution in [-0.2, 0) is 5.60 Å². The molecule has 1 aliphatic carbocycles. The Morgan fingerprint density at radius 1 is 0.919 bits per heavy atom. The Kier molecular flexibility index (Phi) is 8.18. The molecule has 6 heteroatoms. The second kappa shape index (κ2) is 11.5. The zero-order valence-electron chi connectivity index (χ0n) is 22.1. The van der Waals surface area contributed by atoms with Gasteiger partial charge < -0.3 is 20.8 Å². The first-order valence-corrected chi connectivity index (χ1v) is 14.3. The van der Waals surface area contributed by atoms with Crippen LogP contribution >= 0.6 is 0 Å². The van der Waals surface area contributed by atoms with Crippen molar-refractivity contribution in [1.29, 1.82) is 0 Å². The molecule has 2 amide bonds. The number of rotatable bonds is 8. The van der Waals surface area contributed by atoms with Gasteiger partial charge in [-0.2, -0.15) is 0 Å². The van der Waals surface area contributed by atoms with Crippen LogP contribution in [0.25, 0.3) is 0 Å². The number of aliphatic hydroxyl groups excluding tert-OH is 1. The fraction of sp³-hybridized carbons (Fsp3) is 0.581. The van der Waals surface area contributed by atoms with E-state index in [2.05, 4.69) is 15.5 Å². The van der Waals surface area contributed by atoms with E-state index in [0.29, 0.717) is 18.0 Å². The SMILES string of the molecule is C[C@H](NC(=O)NC1CCC(CCN2C3CCC2CC(O)C3)CC1)C(O)(c1ccccc1)c1ccccc1. The van der Waals surface area contributed by atoms with Crippen molar-refractivity contribution in [2.45, 2.75) is 101 Å². The molecular formula is C31H43N3O3. The van der Waals surface area contributed by atoms with Crippen LogP contribution < -0.4 is 10.6 Å². The number of piperidine rings is 1. The van der Waals surface area contributed by atoms with E-state index in [1.54, 1.807) is 0 Å². The Morgan fingerprint density at radius 2 is 1.46 bits per heavy atom. The molecule has 4 N–H and O–H groups in total. The molecule has 37 heavy (non-hydrogen) atoms. The van der Waals surface area contributed by atoms with Crippen molar-refractivity contribution in [2.75, 3.05) is 6.54 Å². The van der Waals surface area contributed by atoms with Crippen LogP contribution in [0.1, 0.15) is 75.8 Å². The minimum absolute atomic E-state index is 0.0968. The van der Waals surface area contributed by atoms with Gasteiger partial charge in [0, 0.05) is 18.1 Å². The monoisotopic (exact) mass is 505 g/mol. The van der Waals surface area contributed by atoms with Gasteiger partial charge in [0.05, 0.1) is 12.1 Å². The van der Waals surface area contributed by atoms with Crippen LogP contribution in [0.3, 0.4) is 0 Å². The third-order valence-corrected chi connectivity index (χ3v) is 9.24. The summed E-state index contributed by atoms with van der Waals surface area (Å²) in [6.07, 6.45) is 9.80. The first kappa shape index (κ1) is 26.2. The normalized spacial score (nSPS) is 29.0. The number of nitrogens with zero attached hydrogens (tertiary/aromatic N) is 1. The molecule has 200 valence electrons. The van der Waals surface area contributed by atoms with Crippen LogP contribution in [0.4, 0.5) is 4.79 Å². The standard InChI is InChI=1S/C31H43N3O3/c1-22(31(37,24-8-4-2-5-9-24)25-10-6-3-7-11-25)32-30(36)33-26-14-12-23(13-15-26)18-19-34-27-16-17-28(34)21-29(35)20-27/h2-11,22-23,26-29,35,37H,12-21H2,1H3,(H2,32,33,36)/t22-,23?,26?,27?,28?,29?/m0/s1. The second-order valence-corrected chi connectivity index (χ2v) is 11.6. The number of fused-ring (bicyclic) bond motifs is 2. The molecule has 2 aromatic rings. The summed E-state index contributed by atoms with van der Waals surface area (Å²) in [5, 5.41) is 28.2. The maximum absolute atomic E-state index is 13.0. The number of hydrogen-bond acceptors (Lipinski definition) is 4. The van der Waals surface area contributed by atoms with E-state index in [-0.39, 0.29) is 18.2 Å². The van der Waals surface area contributed by atoms with Crippen LogP contribution in [0.15, 0.2) is 60.7 Å². The lowest BCUT2D eigenvalue weighted by molar-refractivity contribution is 0.0314. The van der Waals surface area contributed by atoms with Gasteiger partial charge >= 0.3 is 6.03 Å². The molecule has 0 spiro atoms. The smallest absolute Gasteiger partial charge is 0.315 e. The molecule has 2 unspecified atom stereocenters. The van der Waals surface area contributed by atoms with Crippen molar-refractivity contribution in [3.63, 3.8) is 0 Å². The predicted octanol–water partition coefficient (Wildman–Crippen LogP) is 4.55. The van der Waals surface area contributed by atoms with E-state index in [9.17, 15) is 15.0 Å². The fourth-order valence-corrected chi connectivity index (χ4v) is 7.12. The minimum atomic E-state index is -1.33. The van der Waals surface area contributed by atoms with Gasteiger partial charge in [-0.25, -0.2) is 4.79 Å². The Labute approximate surface area is 221 Å². The quantitative estimate of drug-likeness (QED) is 0.424. The third kappa shape index (κ3) is 5.87. The van der Waals surface area contributed by atoms with Gasteiger partial charge in [0.25, 0.3) is 0 Å². The van der Waals surface area contributed by atoms with E-state index >= 15 is 0 Å². The third-order valence-electron chi connectivity index (χ3n) is 9.24. The summed E-state index contributed by atoms with van der Waals surface area (Å²) in [7, 11) is 0. The zero-order valence-corrected chi connectivity index (χ0v) is 22.1. The number of carbonyl (C=O) groups is 1. The largest absolute Gasteiger partial charge is 0.393 e. The summed E-state index contributed by atoms with van der Waals surface area (Å²) in [5.74, 6) is 0.715. The first-order valence-electron chi connectivity index (χ1n) is 14.3. The Balaban J connectivity index is 1.11.